The Balaban J connectivity index is 1.55. The van der Waals surface area contributed by atoms with E-state index < -0.39 is 0 Å². The molecule has 1 heterocycles. The molecule has 1 amide bonds. The van der Waals surface area contributed by atoms with E-state index in [1.54, 1.807) is 11.0 Å². The zero-order chi connectivity index (χ0) is 18.9. The molecule has 0 spiro atoms. The Bertz CT molecular complexity index is 721. The van der Waals surface area contributed by atoms with Crippen LogP contribution in [0.1, 0.15) is 54.9 Å². The van der Waals surface area contributed by atoms with Gasteiger partial charge in [-0.1, -0.05) is 31.5 Å². The second kappa shape index (κ2) is 10.1. The molecule has 2 N–H and O–H groups in total. The van der Waals surface area contributed by atoms with E-state index in [4.69, 9.17) is 4.74 Å². The lowest BCUT2D eigenvalue weighted by Gasteiger charge is -2.23. The molecule has 4 heteroatoms. The molecule has 0 aromatic heterocycles. The molecule has 2 aromatic carbocycles. The van der Waals surface area contributed by atoms with Crippen LogP contribution in [-0.4, -0.2) is 25.6 Å². The molecule has 1 saturated heterocycles. The smallest absolute Gasteiger partial charge is 0.255 e. The number of benzene rings is 2. The van der Waals surface area contributed by atoms with Crippen molar-refractivity contribution >= 4 is 11.6 Å². The summed E-state index contributed by atoms with van der Waals surface area (Å²) in [6.07, 6.45) is 6.16. The van der Waals surface area contributed by atoms with Crippen molar-refractivity contribution in [2.45, 2.75) is 45.6 Å². The number of anilines is 1. The van der Waals surface area contributed by atoms with Crippen molar-refractivity contribution in [1.82, 2.24) is 0 Å². The van der Waals surface area contributed by atoms with Crippen molar-refractivity contribution in [3.05, 3.63) is 59.7 Å². The molecule has 3 rings (SSSR count). The fraction of sp³-hybridized carbons (Fsp3) is 0.435. The van der Waals surface area contributed by atoms with Crippen LogP contribution in [0.5, 0.6) is 5.75 Å². The van der Waals surface area contributed by atoms with E-state index >= 15 is 0 Å². The molecule has 1 aliphatic rings. The van der Waals surface area contributed by atoms with Crippen LogP contribution < -0.4 is 15.0 Å². The summed E-state index contributed by atoms with van der Waals surface area (Å²) >= 11 is 0. The van der Waals surface area contributed by atoms with Crippen molar-refractivity contribution in [1.29, 1.82) is 0 Å². The van der Waals surface area contributed by atoms with Crippen LogP contribution in [0.3, 0.4) is 0 Å². The topological polar surface area (TPSA) is 42.8 Å². The van der Waals surface area contributed by atoms with Gasteiger partial charge in [0.2, 0.25) is 0 Å². The third-order valence-corrected chi connectivity index (χ3v) is 5.09. The van der Waals surface area contributed by atoms with E-state index in [1.165, 1.54) is 37.9 Å². The van der Waals surface area contributed by atoms with E-state index in [0.717, 1.165) is 30.8 Å². The molecule has 4 nitrogen and oxygen atoms in total. The van der Waals surface area contributed by atoms with Gasteiger partial charge in [0.15, 0.2) is 0 Å². The molecular formula is C23H31N2O2+. The SMILES string of the molecule is CCCCOc1cccc(C(=O)Nc2ccc(C[NH+]3CCCCC3)cc2)c1. The normalized spacial score (nSPS) is 14.7. The van der Waals surface area contributed by atoms with Crippen LogP contribution in [0.25, 0.3) is 0 Å². The zero-order valence-corrected chi connectivity index (χ0v) is 16.3. The number of piperidine rings is 1. The summed E-state index contributed by atoms with van der Waals surface area (Å²) in [6.45, 7) is 6.43. The lowest BCUT2D eigenvalue weighted by atomic mass is 10.1. The maximum Gasteiger partial charge on any atom is 0.255 e. The van der Waals surface area contributed by atoms with Gasteiger partial charge in [-0.3, -0.25) is 4.79 Å². The Morgan fingerprint density at radius 3 is 2.59 bits per heavy atom. The van der Waals surface area contributed by atoms with Crippen molar-refractivity contribution in [2.75, 3.05) is 25.0 Å². The fourth-order valence-electron chi connectivity index (χ4n) is 3.49. The summed E-state index contributed by atoms with van der Waals surface area (Å²) in [5.41, 5.74) is 2.77. The first kappa shape index (κ1) is 19.4. The summed E-state index contributed by atoms with van der Waals surface area (Å²) < 4.78 is 5.69. The van der Waals surface area contributed by atoms with Crippen LogP contribution in [0.4, 0.5) is 5.69 Å². The number of ether oxygens (including phenoxy) is 1. The van der Waals surface area contributed by atoms with Gasteiger partial charge in [0.05, 0.1) is 19.7 Å². The highest BCUT2D eigenvalue weighted by molar-refractivity contribution is 6.04. The van der Waals surface area contributed by atoms with Crippen LogP contribution in [0.15, 0.2) is 48.5 Å². The van der Waals surface area contributed by atoms with Crippen LogP contribution in [0, 0.1) is 0 Å². The molecule has 144 valence electrons. The van der Waals surface area contributed by atoms with Gasteiger partial charge >= 0.3 is 0 Å². The quantitative estimate of drug-likeness (QED) is 0.699. The van der Waals surface area contributed by atoms with E-state index in [9.17, 15) is 4.79 Å². The molecule has 1 aliphatic heterocycles. The highest BCUT2D eigenvalue weighted by atomic mass is 16.5. The number of carbonyl (C=O) groups is 1. The third kappa shape index (κ3) is 6.10. The van der Waals surface area contributed by atoms with E-state index in [1.807, 2.05) is 30.3 Å². The molecule has 2 aromatic rings. The Kier molecular flexibility index (Phi) is 7.28. The molecule has 0 aliphatic carbocycles. The van der Waals surface area contributed by atoms with Crippen molar-refractivity contribution < 1.29 is 14.4 Å². The van der Waals surface area contributed by atoms with Gasteiger partial charge in [0.1, 0.15) is 12.3 Å². The fourth-order valence-corrected chi connectivity index (χ4v) is 3.49. The number of hydrogen-bond donors (Lipinski definition) is 2. The molecule has 0 atom stereocenters. The first-order valence-electron chi connectivity index (χ1n) is 10.2. The Labute approximate surface area is 162 Å². The summed E-state index contributed by atoms with van der Waals surface area (Å²) in [5.74, 6) is 0.640. The van der Waals surface area contributed by atoms with Gasteiger partial charge in [-0.15, -0.1) is 0 Å². The number of rotatable bonds is 8. The maximum atomic E-state index is 12.5. The minimum Gasteiger partial charge on any atom is -0.494 e. The number of nitrogens with one attached hydrogen (secondary N) is 2. The molecule has 0 unspecified atom stereocenters. The molecular weight excluding hydrogens is 336 g/mol. The van der Waals surface area contributed by atoms with Crippen molar-refractivity contribution in [2.24, 2.45) is 0 Å². The lowest BCUT2D eigenvalue weighted by molar-refractivity contribution is -0.918. The molecule has 0 bridgehead atoms. The predicted molar refractivity (Wildman–Crippen MR) is 109 cm³/mol. The first-order valence-corrected chi connectivity index (χ1v) is 10.2. The van der Waals surface area contributed by atoms with Crippen molar-refractivity contribution in [3.63, 3.8) is 0 Å². The monoisotopic (exact) mass is 367 g/mol. The largest absolute Gasteiger partial charge is 0.494 e. The summed E-state index contributed by atoms with van der Waals surface area (Å²) in [5, 5.41) is 2.98. The molecule has 0 radical (unpaired) electrons. The Morgan fingerprint density at radius 2 is 1.85 bits per heavy atom. The summed E-state index contributed by atoms with van der Waals surface area (Å²) in [6, 6.07) is 15.6. The highest BCUT2D eigenvalue weighted by Crippen LogP contribution is 2.16. The highest BCUT2D eigenvalue weighted by Gasteiger charge is 2.14. The second-order valence-electron chi connectivity index (χ2n) is 7.37. The predicted octanol–water partition coefficient (Wildman–Crippen LogP) is 3.69. The third-order valence-electron chi connectivity index (χ3n) is 5.09. The average molecular weight is 368 g/mol. The molecule has 1 fully saturated rings. The van der Waals surface area contributed by atoms with Gasteiger partial charge in [0.25, 0.3) is 5.91 Å². The summed E-state index contributed by atoms with van der Waals surface area (Å²) in [4.78, 5) is 14.2. The Morgan fingerprint density at radius 1 is 1.07 bits per heavy atom. The van der Waals surface area contributed by atoms with Gasteiger partial charge in [-0.25, -0.2) is 0 Å². The minimum atomic E-state index is -0.106. The number of amides is 1. The average Bonchev–Trinajstić information content (AvgIpc) is 2.71. The Hall–Kier alpha value is -2.33. The zero-order valence-electron chi connectivity index (χ0n) is 16.3. The van der Waals surface area contributed by atoms with Gasteiger partial charge in [0, 0.05) is 16.8 Å². The maximum absolute atomic E-state index is 12.5. The summed E-state index contributed by atoms with van der Waals surface area (Å²) in [7, 11) is 0. The first-order chi connectivity index (χ1) is 13.2. The standard InChI is InChI=1S/C23H30N2O2/c1-2-3-16-27-22-9-7-8-20(17-22)23(26)24-21-12-10-19(11-13-21)18-25-14-5-4-6-15-25/h7-13,17H,2-6,14-16,18H2,1H3,(H,24,26)/p+1. The van der Waals surface area contributed by atoms with Gasteiger partial charge in [-0.05, 0) is 56.0 Å². The van der Waals surface area contributed by atoms with Crippen LogP contribution in [0.2, 0.25) is 0 Å². The lowest BCUT2D eigenvalue weighted by Crippen LogP contribution is -3.11. The van der Waals surface area contributed by atoms with Gasteiger partial charge < -0.3 is 15.0 Å². The number of likely N-dealkylation sites (tertiary alicyclic amines) is 1. The number of carbonyl (C=O) groups excluding carboxylic acids is 1. The van der Waals surface area contributed by atoms with E-state index in [0.29, 0.717) is 12.2 Å². The second-order valence-corrected chi connectivity index (χ2v) is 7.37. The van der Waals surface area contributed by atoms with Gasteiger partial charge in [-0.2, -0.15) is 0 Å². The molecule has 0 saturated carbocycles. The molecule has 27 heavy (non-hydrogen) atoms. The minimum absolute atomic E-state index is 0.106. The van der Waals surface area contributed by atoms with Crippen LogP contribution >= 0.6 is 0 Å². The van der Waals surface area contributed by atoms with Crippen LogP contribution in [-0.2, 0) is 6.54 Å². The number of hydrogen-bond acceptors (Lipinski definition) is 2. The number of quaternary nitrogens is 1. The number of unbranched alkanes of at least 4 members (excludes halogenated alkanes) is 1. The van der Waals surface area contributed by atoms with E-state index in [2.05, 4.69) is 24.4 Å². The van der Waals surface area contributed by atoms with E-state index in [-0.39, 0.29) is 5.91 Å². The van der Waals surface area contributed by atoms with Crippen molar-refractivity contribution in [3.8, 4) is 5.75 Å².